The summed E-state index contributed by atoms with van der Waals surface area (Å²) in [5.74, 6) is 1.92. The van der Waals surface area contributed by atoms with E-state index >= 15 is 0 Å². The molecule has 0 spiro atoms. The van der Waals surface area contributed by atoms with Gasteiger partial charge in [0, 0.05) is 44.5 Å². The lowest BCUT2D eigenvalue weighted by atomic mass is 10.3. The first-order valence-electron chi connectivity index (χ1n) is 6.68. The molecular weight excluding hydrogens is 226 g/mol. The van der Waals surface area contributed by atoms with Crippen molar-refractivity contribution in [2.75, 3.05) is 44.2 Å². The zero-order valence-electron chi connectivity index (χ0n) is 11.4. The highest BCUT2D eigenvalue weighted by Crippen LogP contribution is 2.14. The Morgan fingerprint density at radius 2 is 2.00 bits per heavy atom. The Kier molecular flexibility index (Phi) is 4.49. The highest BCUT2D eigenvalue weighted by atomic mass is 15.3. The Morgan fingerprint density at radius 3 is 2.72 bits per heavy atom. The molecule has 1 aromatic rings. The molecule has 1 aliphatic rings. The maximum atomic E-state index is 5.62. The summed E-state index contributed by atoms with van der Waals surface area (Å²) in [6.45, 7) is 10.0. The molecule has 2 rings (SSSR count). The van der Waals surface area contributed by atoms with Crippen LogP contribution in [0.1, 0.15) is 17.9 Å². The molecular formula is C13H23N5. The Morgan fingerprint density at radius 1 is 1.17 bits per heavy atom. The van der Waals surface area contributed by atoms with E-state index in [0.29, 0.717) is 0 Å². The zero-order chi connectivity index (χ0) is 13.0. The molecule has 1 saturated heterocycles. The lowest BCUT2D eigenvalue weighted by Crippen LogP contribution is -2.34. The molecule has 1 aromatic heterocycles. The Labute approximate surface area is 109 Å². The van der Waals surface area contributed by atoms with Crippen LogP contribution in [-0.4, -0.2) is 54.1 Å². The van der Waals surface area contributed by atoms with Crippen LogP contribution < -0.4 is 10.6 Å². The van der Waals surface area contributed by atoms with Crippen molar-refractivity contribution in [3.63, 3.8) is 0 Å². The van der Waals surface area contributed by atoms with E-state index in [2.05, 4.69) is 25.8 Å². The molecule has 0 unspecified atom stereocenters. The highest BCUT2D eigenvalue weighted by molar-refractivity contribution is 5.39. The van der Waals surface area contributed by atoms with Crippen molar-refractivity contribution in [3.8, 4) is 0 Å². The van der Waals surface area contributed by atoms with Crippen LogP contribution in [0.15, 0.2) is 6.07 Å². The maximum Gasteiger partial charge on any atom is 0.132 e. The monoisotopic (exact) mass is 249 g/mol. The Hall–Kier alpha value is -1.20. The third-order valence-corrected chi connectivity index (χ3v) is 3.31. The summed E-state index contributed by atoms with van der Waals surface area (Å²) in [5, 5.41) is 0. The quantitative estimate of drug-likeness (QED) is 0.848. The smallest absolute Gasteiger partial charge is 0.132 e. The van der Waals surface area contributed by atoms with Crippen LogP contribution in [-0.2, 0) is 0 Å². The number of aromatic nitrogens is 2. The molecule has 2 N–H and O–H groups in total. The molecule has 0 amide bonds. The molecule has 0 bridgehead atoms. The van der Waals surface area contributed by atoms with E-state index in [1.165, 1.54) is 6.42 Å². The molecule has 0 aliphatic carbocycles. The fraction of sp³-hybridized carbons (Fsp3) is 0.692. The fourth-order valence-electron chi connectivity index (χ4n) is 2.47. The molecule has 0 radical (unpaired) electrons. The summed E-state index contributed by atoms with van der Waals surface area (Å²) in [6.07, 6.45) is 1.17. The second-order valence-electron chi connectivity index (χ2n) is 4.89. The molecule has 2 heterocycles. The van der Waals surface area contributed by atoms with Gasteiger partial charge in [0.1, 0.15) is 11.6 Å². The van der Waals surface area contributed by atoms with E-state index in [4.69, 9.17) is 5.73 Å². The van der Waals surface area contributed by atoms with Gasteiger partial charge in [-0.3, -0.25) is 0 Å². The van der Waals surface area contributed by atoms with Crippen molar-refractivity contribution < 1.29 is 0 Å². The highest BCUT2D eigenvalue weighted by Gasteiger charge is 2.15. The zero-order valence-corrected chi connectivity index (χ0v) is 11.4. The molecule has 1 fully saturated rings. The lowest BCUT2D eigenvalue weighted by Gasteiger charge is -2.22. The molecule has 0 aromatic carbocycles. The van der Waals surface area contributed by atoms with E-state index < -0.39 is 0 Å². The summed E-state index contributed by atoms with van der Waals surface area (Å²) < 4.78 is 0. The average Bonchev–Trinajstić information content (AvgIpc) is 2.54. The Bertz CT molecular complexity index is 373. The summed E-state index contributed by atoms with van der Waals surface area (Å²) >= 11 is 0. The second-order valence-corrected chi connectivity index (χ2v) is 4.89. The Balaban J connectivity index is 2.05. The summed E-state index contributed by atoms with van der Waals surface area (Å²) in [6, 6.07) is 2.07. The summed E-state index contributed by atoms with van der Waals surface area (Å²) in [7, 11) is 0. The van der Waals surface area contributed by atoms with Gasteiger partial charge < -0.3 is 15.5 Å². The fourth-order valence-corrected chi connectivity index (χ4v) is 2.47. The van der Waals surface area contributed by atoms with Gasteiger partial charge in [0.15, 0.2) is 0 Å². The number of anilines is 1. The maximum absolute atomic E-state index is 5.62. The van der Waals surface area contributed by atoms with Crippen LogP contribution in [0, 0.1) is 13.8 Å². The first-order chi connectivity index (χ1) is 8.69. The van der Waals surface area contributed by atoms with E-state index in [-0.39, 0.29) is 0 Å². The molecule has 0 saturated carbocycles. The molecule has 18 heavy (non-hydrogen) atoms. The van der Waals surface area contributed by atoms with Gasteiger partial charge in [-0.25, -0.2) is 9.97 Å². The van der Waals surface area contributed by atoms with Crippen molar-refractivity contribution >= 4 is 5.82 Å². The first kappa shape index (κ1) is 13.2. The van der Waals surface area contributed by atoms with Gasteiger partial charge in [0.2, 0.25) is 0 Å². The van der Waals surface area contributed by atoms with Crippen molar-refractivity contribution in [2.24, 2.45) is 5.73 Å². The SMILES string of the molecule is Cc1cc(N2CCCN(CCN)CC2)nc(C)n1. The van der Waals surface area contributed by atoms with Crippen LogP contribution in [0.5, 0.6) is 0 Å². The summed E-state index contributed by atoms with van der Waals surface area (Å²) in [5.41, 5.74) is 6.66. The topological polar surface area (TPSA) is 58.3 Å². The van der Waals surface area contributed by atoms with Crippen molar-refractivity contribution in [1.29, 1.82) is 0 Å². The number of rotatable bonds is 3. The molecule has 1 aliphatic heterocycles. The van der Waals surface area contributed by atoms with Crippen LogP contribution in [0.4, 0.5) is 5.82 Å². The number of aryl methyl sites for hydroxylation is 2. The second kappa shape index (κ2) is 6.11. The van der Waals surface area contributed by atoms with Gasteiger partial charge in [0.25, 0.3) is 0 Å². The van der Waals surface area contributed by atoms with Gasteiger partial charge >= 0.3 is 0 Å². The average molecular weight is 249 g/mol. The van der Waals surface area contributed by atoms with Crippen molar-refractivity contribution in [1.82, 2.24) is 14.9 Å². The third-order valence-electron chi connectivity index (χ3n) is 3.31. The van der Waals surface area contributed by atoms with Crippen LogP contribution in [0.25, 0.3) is 0 Å². The molecule has 0 atom stereocenters. The van der Waals surface area contributed by atoms with Gasteiger partial charge in [-0.2, -0.15) is 0 Å². The summed E-state index contributed by atoms with van der Waals surface area (Å²) in [4.78, 5) is 13.7. The molecule has 5 heteroatoms. The lowest BCUT2D eigenvalue weighted by molar-refractivity contribution is 0.302. The van der Waals surface area contributed by atoms with Crippen molar-refractivity contribution in [2.45, 2.75) is 20.3 Å². The number of hydrogen-bond acceptors (Lipinski definition) is 5. The predicted octanol–water partition coefficient (Wildman–Crippen LogP) is 0.564. The normalized spacial score (nSPS) is 17.8. The standard InChI is InChI=1S/C13H23N5/c1-11-10-13(16-12(2)15-11)18-6-3-5-17(7-4-14)8-9-18/h10H,3-9,14H2,1-2H3. The van der Waals surface area contributed by atoms with Crippen molar-refractivity contribution in [3.05, 3.63) is 17.6 Å². The van der Waals surface area contributed by atoms with Crippen LogP contribution >= 0.6 is 0 Å². The number of nitrogens with two attached hydrogens (primary N) is 1. The van der Waals surface area contributed by atoms with Gasteiger partial charge in [-0.05, 0) is 26.8 Å². The van der Waals surface area contributed by atoms with E-state index in [1.54, 1.807) is 0 Å². The minimum atomic E-state index is 0.742. The van der Waals surface area contributed by atoms with E-state index in [0.717, 1.165) is 56.6 Å². The largest absolute Gasteiger partial charge is 0.355 e. The first-order valence-corrected chi connectivity index (χ1v) is 6.68. The van der Waals surface area contributed by atoms with Gasteiger partial charge in [0.05, 0.1) is 0 Å². The van der Waals surface area contributed by atoms with E-state index in [1.807, 2.05) is 13.8 Å². The van der Waals surface area contributed by atoms with Crippen LogP contribution in [0.2, 0.25) is 0 Å². The molecule has 100 valence electrons. The van der Waals surface area contributed by atoms with Gasteiger partial charge in [-0.1, -0.05) is 0 Å². The minimum absolute atomic E-state index is 0.742. The number of hydrogen-bond donors (Lipinski definition) is 1. The predicted molar refractivity (Wildman–Crippen MR) is 73.8 cm³/mol. The third kappa shape index (κ3) is 3.40. The minimum Gasteiger partial charge on any atom is -0.355 e. The van der Waals surface area contributed by atoms with Gasteiger partial charge in [-0.15, -0.1) is 0 Å². The van der Waals surface area contributed by atoms with Crippen LogP contribution in [0.3, 0.4) is 0 Å². The number of nitrogens with zero attached hydrogens (tertiary/aromatic N) is 4. The molecule has 5 nitrogen and oxygen atoms in total. The van der Waals surface area contributed by atoms with E-state index in [9.17, 15) is 0 Å².